The molecule has 184 valence electrons. The van der Waals surface area contributed by atoms with Crippen LogP contribution in [0.25, 0.3) is 0 Å². The number of carbonyl (C=O) groups excluding carboxylic acids is 2. The highest BCUT2D eigenvalue weighted by Gasteiger charge is 2.33. The Morgan fingerprint density at radius 3 is 2.63 bits per heavy atom. The lowest BCUT2D eigenvalue weighted by molar-refractivity contribution is -0.119. The molecule has 1 N–H and O–H groups in total. The number of piperidine rings is 1. The Kier molecular flexibility index (Phi) is 5.90. The van der Waals surface area contributed by atoms with Crippen molar-refractivity contribution < 1.29 is 14.3 Å². The molecule has 35 heavy (non-hydrogen) atoms. The second-order valence-corrected chi connectivity index (χ2v) is 11.0. The molecule has 1 amide bonds. The number of rotatable bonds is 6. The van der Waals surface area contributed by atoms with Gasteiger partial charge in [0.05, 0.1) is 19.3 Å². The van der Waals surface area contributed by atoms with Crippen molar-refractivity contribution in [2.75, 3.05) is 25.1 Å². The first-order valence-corrected chi connectivity index (χ1v) is 12.6. The van der Waals surface area contributed by atoms with Gasteiger partial charge in [0, 0.05) is 47.8 Å². The van der Waals surface area contributed by atoms with E-state index < -0.39 is 0 Å². The predicted octanol–water partition coefficient (Wildman–Crippen LogP) is 4.81. The fraction of sp³-hybridized carbons (Fsp3) is 0.500. The number of nitrogens with zero attached hydrogens (tertiary/aromatic N) is 3. The van der Waals surface area contributed by atoms with E-state index in [4.69, 9.17) is 15.1 Å². The first-order valence-electron chi connectivity index (χ1n) is 12.6. The molecular weight excluding hydrogens is 440 g/mol. The number of methoxy groups -OCH3 is 1. The van der Waals surface area contributed by atoms with Crippen molar-refractivity contribution in [1.82, 2.24) is 9.88 Å². The number of pyridine rings is 1. The summed E-state index contributed by atoms with van der Waals surface area (Å²) in [4.78, 5) is 34.7. The minimum absolute atomic E-state index is 0.0633. The lowest BCUT2D eigenvalue weighted by Gasteiger charge is -2.32. The monoisotopic (exact) mass is 474 g/mol. The van der Waals surface area contributed by atoms with Crippen LogP contribution in [0.2, 0.25) is 0 Å². The number of hydrogen-bond acceptors (Lipinski definition) is 5. The highest BCUT2D eigenvalue weighted by atomic mass is 16.5. The fourth-order valence-corrected chi connectivity index (χ4v) is 5.08. The van der Waals surface area contributed by atoms with Gasteiger partial charge in [-0.3, -0.25) is 15.0 Å². The zero-order valence-corrected chi connectivity index (χ0v) is 21.1. The van der Waals surface area contributed by atoms with Crippen LogP contribution in [0.15, 0.2) is 24.3 Å². The molecule has 2 fully saturated rings. The third-order valence-corrected chi connectivity index (χ3v) is 7.25. The maximum atomic E-state index is 13.6. The third-order valence-electron chi connectivity index (χ3n) is 7.25. The molecule has 1 aliphatic carbocycles. The van der Waals surface area contributed by atoms with Crippen molar-refractivity contribution >= 4 is 23.2 Å². The molecular formula is C28H34N4O3. The van der Waals surface area contributed by atoms with E-state index >= 15 is 0 Å². The normalized spacial score (nSPS) is 18.2. The lowest BCUT2D eigenvalue weighted by Crippen LogP contribution is -2.36. The van der Waals surface area contributed by atoms with E-state index in [0.29, 0.717) is 54.0 Å². The van der Waals surface area contributed by atoms with E-state index in [1.165, 1.54) is 0 Å². The van der Waals surface area contributed by atoms with E-state index in [-0.39, 0.29) is 23.7 Å². The number of benzene rings is 1. The Bertz CT molecular complexity index is 1210. The Morgan fingerprint density at radius 2 is 1.97 bits per heavy atom. The van der Waals surface area contributed by atoms with Crippen LogP contribution in [0.5, 0.6) is 5.75 Å². The summed E-state index contributed by atoms with van der Waals surface area (Å²) in [5.41, 5.74) is 4.58. The van der Waals surface area contributed by atoms with Gasteiger partial charge in [0.25, 0.3) is 0 Å². The van der Waals surface area contributed by atoms with Crippen LogP contribution in [0.3, 0.4) is 0 Å². The summed E-state index contributed by atoms with van der Waals surface area (Å²) in [6.07, 6.45) is 4.65. The predicted molar refractivity (Wildman–Crippen MR) is 136 cm³/mol. The highest BCUT2D eigenvalue weighted by molar-refractivity contribution is 6.06. The van der Waals surface area contributed by atoms with Crippen LogP contribution in [0.1, 0.15) is 91.7 Å². The van der Waals surface area contributed by atoms with E-state index in [2.05, 4.69) is 32.9 Å². The minimum Gasteiger partial charge on any atom is -0.494 e. The summed E-state index contributed by atoms with van der Waals surface area (Å²) in [5.74, 6) is 1.47. The molecule has 1 aromatic heterocycles. The molecule has 3 aliphatic rings. The summed E-state index contributed by atoms with van der Waals surface area (Å²) in [5, 5.41) is 8.67. The molecule has 0 atom stereocenters. The summed E-state index contributed by atoms with van der Waals surface area (Å²) < 4.78 is 5.81. The number of amides is 1. The minimum atomic E-state index is -0.283. The van der Waals surface area contributed by atoms with Crippen LogP contribution in [0, 0.1) is 5.41 Å². The van der Waals surface area contributed by atoms with Crippen molar-refractivity contribution in [2.45, 2.75) is 70.8 Å². The van der Waals surface area contributed by atoms with E-state index in [9.17, 15) is 9.59 Å². The molecule has 1 aromatic carbocycles. The lowest BCUT2D eigenvalue weighted by atomic mass is 9.84. The van der Waals surface area contributed by atoms with E-state index in [1.807, 2.05) is 6.07 Å². The quantitative estimate of drug-likeness (QED) is 0.608. The van der Waals surface area contributed by atoms with Crippen molar-refractivity contribution in [3.63, 3.8) is 0 Å². The van der Waals surface area contributed by atoms with Crippen molar-refractivity contribution in [3.8, 4) is 5.75 Å². The number of aromatic nitrogens is 1. The Labute approximate surface area is 207 Å². The number of anilines is 1. The van der Waals surface area contributed by atoms with Gasteiger partial charge in [-0.15, -0.1) is 0 Å². The van der Waals surface area contributed by atoms with Gasteiger partial charge in [-0.2, -0.15) is 0 Å². The Morgan fingerprint density at radius 1 is 1.20 bits per heavy atom. The summed E-state index contributed by atoms with van der Waals surface area (Å²) in [6, 6.07) is 7.82. The molecule has 0 bridgehead atoms. The molecule has 2 aliphatic heterocycles. The molecule has 7 nitrogen and oxygen atoms in total. The van der Waals surface area contributed by atoms with Crippen LogP contribution in [0.4, 0.5) is 5.69 Å². The van der Waals surface area contributed by atoms with Gasteiger partial charge in [0.15, 0.2) is 5.78 Å². The van der Waals surface area contributed by atoms with Crippen LogP contribution in [-0.2, 0) is 16.8 Å². The Hall–Kier alpha value is -3.22. The maximum absolute atomic E-state index is 13.6. The van der Waals surface area contributed by atoms with Crippen molar-refractivity contribution in [2.24, 2.45) is 0 Å². The second-order valence-electron chi connectivity index (χ2n) is 11.0. The highest BCUT2D eigenvalue weighted by Crippen LogP contribution is 2.42. The van der Waals surface area contributed by atoms with Gasteiger partial charge in [-0.25, -0.2) is 4.98 Å². The molecule has 5 rings (SSSR count). The fourth-order valence-electron chi connectivity index (χ4n) is 5.08. The number of ketones is 1. The zero-order chi connectivity index (χ0) is 24.9. The van der Waals surface area contributed by atoms with Crippen LogP contribution in [-0.4, -0.2) is 47.6 Å². The SMILES string of the molecule is COc1c(N2CCCCC2=O)cc(C(=O)CN2Cc3ccc(C4CC4)nc3C2=N)cc1C(C)(C)C. The largest absolute Gasteiger partial charge is 0.494 e. The maximum Gasteiger partial charge on any atom is 0.227 e. The summed E-state index contributed by atoms with van der Waals surface area (Å²) in [7, 11) is 1.62. The van der Waals surface area contributed by atoms with Gasteiger partial charge in [-0.1, -0.05) is 26.8 Å². The topological polar surface area (TPSA) is 86.6 Å². The van der Waals surface area contributed by atoms with Crippen molar-refractivity contribution in [1.29, 1.82) is 5.41 Å². The molecule has 0 spiro atoms. The van der Waals surface area contributed by atoms with Gasteiger partial charge in [0.2, 0.25) is 5.91 Å². The zero-order valence-electron chi connectivity index (χ0n) is 21.1. The third kappa shape index (κ3) is 4.44. The average molecular weight is 475 g/mol. The standard InChI is InChI=1S/C28H34N4O3/c1-28(2,3)20-13-19(14-22(26(20)35-4)32-12-6-5-7-24(32)34)23(33)16-31-15-18-10-11-21(17-8-9-17)30-25(18)27(31)29/h10-11,13-14,17,29H,5-9,12,15-16H2,1-4H3. The van der Waals surface area contributed by atoms with Gasteiger partial charge in [-0.05, 0) is 49.3 Å². The first-order chi connectivity index (χ1) is 16.7. The van der Waals surface area contributed by atoms with Gasteiger partial charge in [0.1, 0.15) is 17.3 Å². The molecule has 2 aromatic rings. The van der Waals surface area contributed by atoms with E-state index in [0.717, 1.165) is 42.5 Å². The van der Waals surface area contributed by atoms with Crippen LogP contribution < -0.4 is 9.64 Å². The molecule has 1 saturated carbocycles. The number of nitrogens with one attached hydrogen (secondary N) is 1. The first kappa shape index (κ1) is 23.5. The van der Waals surface area contributed by atoms with Crippen LogP contribution >= 0.6 is 0 Å². The Balaban J connectivity index is 1.45. The average Bonchev–Trinajstić information content (AvgIpc) is 3.63. The molecule has 0 radical (unpaired) electrons. The smallest absolute Gasteiger partial charge is 0.227 e. The molecule has 7 heteroatoms. The number of ether oxygens (including phenoxy) is 1. The molecule has 3 heterocycles. The number of Topliss-reactive ketones (excluding diaryl/α,β-unsaturated/α-hetero) is 1. The summed E-state index contributed by atoms with van der Waals surface area (Å²) >= 11 is 0. The second kappa shape index (κ2) is 8.77. The van der Waals surface area contributed by atoms with Gasteiger partial charge >= 0.3 is 0 Å². The molecule has 0 unspecified atom stereocenters. The number of hydrogen-bond donors (Lipinski definition) is 1. The van der Waals surface area contributed by atoms with Crippen molar-refractivity contribution in [3.05, 3.63) is 52.3 Å². The van der Waals surface area contributed by atoms with Gasteiger partial charge < -0.3 is 14.5 Å². The van der Waals surface area contributed by atoms with E-state index in [1.54, 1.807) is 23.0 Å². The number of fused-ring (bicyclic) bond motifs is 1. The summed E-state index contributed by atoms with van der Waals surface area (Å²) in [6.45, 7) is 7.47. The number of amidine groups is 1. The molecule has 1 saturated heterocycles. The number of carbonyl (C=O) groups is 2.